The number of amides is 1. The van der Waals surface area contributed by atoms with E-state index >= 15 is 0 Å². The predicted octanol–water partition coefficient (Wildman–Crippen LogP) is 1.98. The molecule has 0 fully saturated rings. The third-order valence-corrected chi connectivity index (χ3v) is 2.84. The second-order valence-electron chi connectivity index (χ2n) is 3.68. The van der Waals surface area contributed by atoms with E-state index in [4.69, 9.17) is 16.3 Å². The number of hydrogen-bond acceptors (Lipinski definition) is 2. The van der Waals surface area contributed by atoms with Crippen molar-refractivity contribution in [3.63, 3.8) is 0 Å². The predicted molar refractivity (Wildman–Crippen MR) is 63.3 cm³/mol. The van der Waals surface area contributed by atoms with Crippen molar-refractivity contribution in [2.75, 3.05) is 19.0 Å². The summed E-state index contributed by atoms with van der Waals surface area (Å²) in [5, 5.41) is 2.82. The van der Waals surface area contributed by atoms with Crippen LogP contribution in [0.2, 0.25) is 0 Å². The van der Waals surface area contributed by atoms with Crippen molar-refractivity contribution in [2.24, 2.45) is 0 Å². The van der Waals surface area contributed by atoms with E-state index in [0.29, 0.717) is 19.0 Å². The van der Waals surface area contributed by atoms with Crippen LogP contribution >= 0.6 is 11.6 Å². The first kappa shape index (κ1) is 11.3. The first-order chi connectivity index (χ1) is 7.83. The van der Waals surface area contributed by atoms with Crippen molar-refractivity contribution in [3.05, 3.63) is 29.3 Å². The fourth-order valence-corrected chi connectivity index (χ4v) is 1.91. The number of fused-ring (bicyclic) bond motifs is 1. The van der Waals surface area contributed by atoms with Gasteiger partial charge in [-0.1, -0.05) is 6.07 Å². The molecule has 1 N–H and O–H groups in total. The largest absolute Gasteiger partial charge is 0.493 e. The van der Waals surface area contributed by atoms with Crippen molar-refractivity contribution in [1.82, 2.24) is 5.32 Å². The van der Waals surface area contributed by atoms with Gasteiger partial charge >= 0.3 is 0 Å². The minimum atomic E-state index is -0.0101. The summed E-state index contributed by atoms with van der Waals surface area (Å²) in [6.07, 6.45) is 1.65. The van der Waals surface area contributed by atoms with Gasteiger partial charge in [0.05, 0.1) is 6.61 Å². The Hall–Kier alpha value is -1.22. The van der Waals surface area contributed by atoms with E-state index in [-0.39, 0.29) is 5.91 Å². The smallest absolute Gasteiger partial charge is 0.251 e. The van der Waals surface area contributed by atoms with E-state index in [1.807, 2.05) is 18.2 Å². The Labute approximate surface area is 99.7 Å². The summed E-state index contributed by atoms with van der Waals surface area (Å²) < 4.78 is 5.63. The highest BCUT2D eigenvalue weighted by atomic mass is 35.5. The molecule has 0 bridgehead atoms. The summed E-state index contributed by atoms with van der Waals surface area (Å²) in [6.45, 7) is 1.28. The SMILES string of the molecule is O=C1NCCc2c(OCCCCl)cccc21. The van der Waals surface area contributed by atoms with Crippen LogP contribution in [-0.2, 0) is 6.42 Å². The minimum absolute atomic E-state index is 0.0101. The van der Waals surface area contributed by atoms with Crippen molar-refractivity contribution in [3.8, 4) is 5.75 Å². The fourth-order valence-electron chi connectivity index (χ4n) is 1.80. The summed E-state index contributed by atoms with van der Waals surface area (Å²) in [5.74, 6) is 1.40. The average Bonchev–Trinajstić information content (AvgIpc) is 2.31. The van der Waals surface area contributed by atoms with Crippen LogP contribution in [-0.4, -0.2) is 24.9 Å². The van der Waals surface area contributed by atoms with Gasteiger partial charge in [-0.2, -0.15) is 0 Å². The molecule has 1 aromatic rings. The van der Waals surface area contributed by atoms with Gasteiger partial charge in [0.2, 0.25) is 0 Å². The van der Waals surface area contributed by atoms with Crippen molar-refractivity contribution >= 4 is 17.5 Å². The van der Waals surface area contributed by atoms with Crippen molar-refractivity contribution in [2.45, 2.75) is 12.8 Å². The number of ether oxygens (including phenoxy) is 1. The Bertz CT molecular complexity index is 393. The molecule has 1 amide bonds. The summed E-state index contributed by atoms with van der Waals surface area (Å²) in [5.41, 5.74) is 1.75. The second kappa shape index (κ2) is 5.21. The number of halogens is 1. The van der Waals surface area contributed by atoms with Gasteiger partial charge in [-0.3, -0.25) is 4.79 Å². The Morgan fingerprint density at radius 2 is 2.31 bits per heavy atom. The van der Waals surface area contributed by atoms with Gasteiger partial charge in [-0.25, -0.2) is 0 Å². The molecule has 86 valence electrons. The molecule has 0 saturated carbocycles. The zero-order chi connectivity index (χ0) is 11.4. The maximum Gasteiger partial charge on any atom is 0.251 e. The van der Waals surface area contributed by atoms with E-state index in [9.17, 15) is 4.79 Å². The number of carbonyl (C=O) groups excluding carboxylic acids is 1. The minimum Gasteiger partial charge on any atom is -0.493 e. The maximum absolute atomic E-state index is 11.6. The number of benzene rings is 1. The maximum atomic E-state index is 11.6. The number of carbonyl (C=O) groups is 1. The first-order valence-corrected chi connectivity index (χ1v) is 5.95. The quantitative estimate of drug-likeness (QED) is 0.645. The third-order valence-electron chi connectivity index (χ3n) is 2.57. The van der Waals surface area contributed by atoms with Crippen LogP contribution in [0.15, 0.2) is 18.2 Å². The molecule has 1 aliphatic heterocycles. The highest BCUT2D eigenvalue weighted by molar-refractivity contribution is 6.17. The van der Waals surface area contributed by atoms with E-state index in [2.05, 4.69) is 5.32 Å². The molecule has 0 radical (unpaired) electrons. The van der Waals surface area contributed by atoms with Gasteiger partial charge in [0, 0.05) is 23.6 Å². The van der Waals surface area contributed by atoms with Crippen molar-refractivity contribution < 1.29 is 9.53 Å². The number of hydrogen-bond donors (Lipinski definition) is 1. The lowest BCUT2D eigenvalue weighted by Gasteiger charge is -2.19. The molecule has 0 aliphatic carbocycles. The van der Waals surface area contributed by atoms with Crippen LogP contribution in [0.5, 0.6) is 5.75 Å². The highest BCUT2D eigenvalue weighted by Gasteiger charge is 2.19. The van der Waals surface area contributed by atoms with E-state index < -0.39 is 0 Å². The van der Waals surface area contributed by atoms with Crippen LogP contribution in [0.25, 0.3) is 0 Å². The second-order valence-corrected chi connectivity index (χ2v) is 4.06. The molecule has 1 aliphatic rings. The van der Waals surface area contributed by atoms with E-state index in [1.54, 1.807) is 0 Å². The zero-order valence-corrected chi connectivity index (χ0v) is 9.72. The van der Waals surface area contributed by atoms with Gasteiger partial charge in [0.15, 0.2) is 0 Å². The summed E-state index contributed by atoms with van der Waals surface area (Å²) in [7, 11) is 0. The van der Waals surface area contributed by atoms with Crippen LogP contribution in [0.1, 0.15) is 22.3 Å². The summed E-state index contributed by atoms with van der Waals surface area (Å²) in [6, 6.07) is 5.59. The van der Waals surface area contributed by atoms with Gasteiger partial charge in [-0.05, 0) is 25.0 Å². The molecule has 2 rings (SSSR count). The molecule has 0 saturated heterocycles. The molecule has 0 unspecified atom stereocenters. The zero-order valence-electron chi connectivity index (χ0n) is 8.96. The molecule has 4 heteroatoms. The molecule has 1 aromatic carbocycles. The molecule has 0 aromatic heterocycles. The fraction of sp³-hybridized carbons (Fsp3) is 0.417. The highest BCUT2D eigenvalue weighted by Crippen LogP contribution is 2.25. The molecular formula is C12H14ClNO2. The summed E-state index contributed by atoms with van der Waals surface area (Å²) in [4.78, 5) is 11.6. The van der Waals surface area contributed by atoms with E-state index in [0.717, 1.165) is 29.7 Å². The van der Waals surface area contributed by atoms with Crippen LogP contribution in [0.4, 0.5) is 0 Å². The Balaban J connectivity index is 2.19. The van der Waals surface area contributed by atoms with Crippen LogP contribution < -0.4 is 10.1 Å². The monoisotopic (exact) mass is 239 g/mol. The third kappa shape index (κ3) is 2.30. The van der Waals surface area contributed by atoms with Gasteiger partial charge < -0.3 is 10.1 Å². The Morgan fingerprint density at radius 3 is 3.12 bits per heavy atom. The topological polar surface area (TPSA) is 38.3 Å². The lowest BCUT2D eigenvalue weighted by atomic mass is 9.99. The van der Waals surface area contributed by atoms with Gasteiger partial charge in [-0.15, -0.1) is 11.6 Å². The lowest BCUT2D eigenvalue weighted by Crippen LogP contribution is -2.32. The molecule has 0 atom stereocenters. The normalized spacial score (nSPS) is 14.2. The summed E-state index contributed by atoms with van der Waals surface area (Å²) >= 11 is 5.59. The number of alkyl halides is 1. The van der Waals surface area contributed by atoms with Gasteiger partial charge in [0.1, 0.15) is 5.75 Å². The van der Waals surface area contributed by atoms with Crippen molar-refractivity contribution in [1.29, 1.82) is 0 Å². The average molecular weight is 240 g/mol. The number of nitrogens with one attached hydrogen (secondary N) is 1. The molecule has 3 nitrogen and oxygen atoms in total. The molecule has 0 spiro atoms. The lowest BCUT2D eigenvalue weighted by molar-refractivity contribution is 0.0945. The molecular weight excluding hydrogens is 226 g/mol. The standard InChI is InChI=1S/C12H14ClNO2/c13-6-2-8-16-11-4-1-3-10-9(11)5-7-14-12(10)15/h1,3-4H,2,5-8H2,(H,14,15). The Morgan fingerprint density at radius 1 is 1.44 bits per heavy atom. The molecule has 16 heavy (non-hydrogen) atoms. The van der Waals surface area contributed by atoms with Gasteiger partial charge in [0.25, 0.3) is 5.91 Å². The van der Waals surface area contributed by atoms with Crippen LogP contribution in [0, 0.1) is 0 Å². The molecule has 1 heterocycles. The number of rotatable bonds is 4. The van der Waals surface area contributed by atoms with Crippen LogP contribution in [0.3, 0.4) is 0 Å². The van der Waals surface area contributed by atoms with E-state index in [1.165, 1.54) is 0 Å². The Kier molecular flexibility index (Phi) is 3.67. The first-order valence-electron chi connectivity index (χ1n) is 5.42.